The van der Waals surface area contributed by atoms with Crippen LogP contribution in [0, 0.1) is 13.8 Å². The predicted molar refractivity (Wildman–Crippen MR) is 130 cm³/mol. The van der Waals surface area contributed by atoms with Crippen LogP contribution in [0.4, 0.5) is 11.4 Å². The van der Waals surface area contributed by atoms with Gasteiger partial charge in [-0.15, -0.1) is 0 Å². The monoisotopic (exact) mass is 433 g/mol. The van der Waals surface area contributed by atoms with Crippen molar-refractivity contribution < 1.29 is 4.79 Å². The quantitative estimate of drug-likeness (QED) is 0.456. The van der Waals surface area contributed by atoms with Gasteiger partial charge in [0.2, 0.25) is 0 Å². The summed E-state index contributed by atoms with van der Waals surface area (Å²) in [6.45, 7) is 12.9. The van der Waals surface area contributed by atoms with Crippen LogP contribution in [0.15, 0.2) is 36.7 Å². The fourth-order valence-corrected chi connectivity index (χ4v) is 4.21. The van der Waals surface area contributed by atoms with Gasteiger partial charge >= 0.3 is 0 Å². The number of hydrogen-bond donors (Lipinski definition) is 3. The van der Waals surface area contributed by atoms with E-state index in [9.17, 15) is 4.79 Å². The Morgan fingerprint density at radius 1 is 1.22 bits per heavy atom. The molecular formula is C24H31N7O. The van der Waals surface area contributed by atoms with Crippen LogP contribution in [0.1, 0.15) is 42.5 Å². The number of rotatable bonds is 3. The SMILES string of the molecule is CC.Cc1cn2nc(C(=O)Nc3ccc(N4CCNC(C)C4)c4cc[nH]c34)cc(C)c2n1. The minimum Gasteiger partial charge on any atom is -0.368 e. The Morgan fingerprint density at radius 3 is 2.81 bits per heavy atom. The number of nitrogens with zero attached hydrogens (tertiary/aromatic N) is 4. The second-order valence-electron chi connectivity index (χ2n) is 8.02. The highest BCUT2D eigenvalue weighted by atomic mass is 16.1. The largest absolute Gasteiger partial charge is 0.368 e. The Morgan fingerprint density at radius 2 is 2.03 bits per heavy atom. The molecule has 1 saturated heterocycles. The number of hydrogen-bond acceptors (Lipinski definition) is 5. The summed E-state index contributed by atoms with van der Waals surface area (Å²) < 4.78 is 1.67. The van der Waals surface area contributed by atoms with Crippen LogP contribution in [0.2, 0.25) is 0 Å². The van der Waals surface area contributed by atoms with Gasteiger partial charge in [0.25, 0.3) is 5.91 Å². The lowest BCUT2D eigenvalue weighted by Gasteiger charge is -2.34. The van der Waals surface area contributed by atoms with Crippen molar-refractivity contribution >= 4 is 33.8 Å². The molecule has 8 heteroatoms. The third kappa shape index (κ3) is 4.05. The van der Waals surface area contributed by atoms with E-state index in [1.165, 1.54) is 5.69 Å². The normalized spacial score (nSPS) is 16.2. The maximum Gasteiger partial charge on any atom is 0.276 e. The molecule has 168 valence electrons. The molecule has 0 bridgehead atoms. The standard InChI is InChI=1S/C22H25N7O.C2H6/c1-13-10-18(27-29-12-15(3)25-21(13)29)22(30)26-17-4-5-19(16-6-7-24-20(16)17)28-9-8-23-14(2)11-28;1-2/h4-7,10,12,14,23-24H,8-9,11H2,1-3H3,(H,26,30);1-2H3. The fraction of sp³-hybridized carbons (Fsp3) is 0.375. The van der Waals surface area contributed by atoms with Crippen LogP contribution in [-0.2, 0) is 0 Å². The summed E-state index contributed by atoms with van der Waals surface area (Å²) in [5.41, 5.74) is 5.76. The molecule has 3 aromatic heterocycles. The second kappa shape index (κ2) is 9.00. The van der Waals surface area contributed by atoms with Gasteiger partial charge < -0.3 is 20.5 Å². The average Bonchev–Trinajstić information content (AvgIpc) is 3.42. The Bertz CT molecular complexity index is 1260. The Kier molecular flexibility index (Phi) is 6.14. The Hall–Kier alpha value is -3.39. The number of carbonyl (C=O) groups is 1. The predicted octanol–water partition coefficient (Wildman–Crippen LogP) is 3.90. The molecule has 4 heterocycles. The molecular weight excluding hydrogens is 402 g/mol. The third-order valence-corrected chi connectivity index (χ3v) is 5.62. The zero-order valence-corrected chi connectivity index (χ0v) is 19.4. The summed E-state index contributed by atoms with van der Waals surface area (Å²) in [5, 5.41) is 12.0. The van der Waals surface area contributed by atoms with Crippen molar-refractivity contribution in [3.63, 3.8) is 0 Å². The van der Waals surface area contributed by atoms with Crippen molar-refractivity contribution in [1.29, 1.82) is 0 Å². The first-order valence-electron chi connectivity index (χ1n) is 11.2. The topological polar surface area (TPSA) is 90.4 Å². The van der Waals surface area contributed by atoms with E-state index in [2.05, 4.69) is 49.7 Å². The molecule has 8 nitrogen and oxygen atoms in total. The number of aromatic amines is 1. The highest BCUT2D eigenvalue weighted by Gasteiger charge is 2.20. The number of piperazine rings is 1. The van der Waals surface area contributed by atoms with Crippen LogP contribution < -0.4 is 15.5 Å². The van der Waals surface area contributed by atoms with Gasteiger partial charge in [0, 0.05) is 42.9 Å². The lowest BCUT2D eigenvalue weighted by molar-refractivity contribution is 0.102. The molecule has 1 fully saturated rings. The first-order chi connectivity index (χ1) is 15.5. The number of carbonyl (C=O) groups excluding carboxylic acids is 1. The van der Waals surface area contributed by atoms with E-state index in [0.29, 0.717) is 11.7 Å². The second-order valence-corrected chi connectivity index (χ2v) is 8.02. The smallest absolute Gasteiger partial charge is 0.276 e. The maximum atomic E-state index is 13.0. The zero-order chi connectivity index (χ0) is 22.8. The molecule has 0 spiro atoms. The van der Waals surface area contributed by atoms with Crippen molar-refractivity contribution in [3.8, 4) is 0 Å². The van der Waals surface area contributed by atoms with Gasteiger partial charge in [-0.1, -0.05) is 13.8 Å². The number of H-pyrrole nitrogens is 1. The summed E-state index contributed by atoms with van der Waals surface area (Å²) in [5.74, 6) is -0.245. The van der Waals surface area contributed by atoms with Gasteiger partial charge in [-0.2, -0.15) is 5.10 Å². The Balaban J connectivity index is 0.00000119. The van der Waals surface area contributed by atoms with Crippen LogP contribution in [0.5, 0.6) is 0 Å². The van der Waals surface area contributed by atoms with Crippen molar-refractivity contribution in [2.75, 3.05) is 29.9 Å². The summed E-state index contributed by atoms with van der Waals surface area (Å²) in [6, 6.07) is 8.34. The molecule has 0 aliphatic carbocycles. The van der Waals surface area contributed by atoms with E-state index < -0.39 is 0 Å². The first kappa shape index (κ1) is 21.8. The fourth-order valence-electron chi connectivity index (χ4n) is 4.21. The molecule has 4 aromatic rings. The molecule has 1 amide bonds. The average molecular weight is 434 g/mol. The molecule has 3 N–H and O–H groups in total. The highest BCUT2D eigenvalue weighted by Crippen LogP contribution is 2.32. The molecule has 5 rings (SSSR count). The van der Waals surface area contributed by atoms with Gasteiger partial charge in [-0.05, 0) is 50.6 Å². The van der Waals surface area contributed by atoms with Gasteiger partial charge in [0.05, 0.1) is 23.1 Å². The third-order valence-electron chi connectivity index (χ3n) is 5.62. The van der Waals surface area contributed by atoms with E-state index in [0.717, 1.165) is 53.1 Å². The van der Waals surface area contributed by atoms with Crippen LogP contribution in [-0.4, -0.2) is 51.2 Å². The Labute approximate surface area is 188 Å². The van der Waals surface area contributed by atoms with Crippen molar-refractivity contribution in [1.82, 2.24) is 24.9 Å². The van der Waals surface area contributed by atoms with Crippen molar-refractivity contribution in [2.45, 2.75) is 40.7 Å². The highest BCUT2D eigenvalue weighted by molar-refractivity contribution is 6.09. The van der Waals surface area contributed by atoms with E-state index >= 15 is 0 Å². The maximum absolute atomic E-state index is 13.0. The molecule has 1 unspecified atom stereocenters. The molecule has 1 aliphatic heterocycles. The summed E-state index contributed by atoms with van der Waals surface area (Å²) in [6.07, 6.45) is 3.74. The minimum atomic E-state index is -0.245. The van der Waals surface area contributed by atoms with Crippen LogP contribution >= 0.6 is 0 Å². The molecule has 1 aromatic carbocycles. The van der Waals surface area contributed by atoms with Gasteiger partial charge in [0.1, 0.15) is 5.69 Å². The number of aromatic nitrogens is 4. The van der Waals surface area contributed by atoms with Crippen LogP contribution in [0.3, 0.4) is 0 Å². The molecule has 32 heavy (non-hydrogen) atoms. The van der Waals surface area contributed by atoms with Gasteiger partial charge in [0.15, 0.2) is 5.65 Å². The van der Waals surface area contributed by atoms with E-state index in [1.54, 1.807) is 10.6 Å². The minimum absolute atomic E-state index is 0.245. The first-order valence-corrected chi connectivity index (χ1v) is 11.2. The van der Waals surface area contributed by atoms with Crippen molar-refractivity contribution in [2.24, 2.45) is 0 Å². The molecule has 0 saturated carbocycles. The molecule has 1 aliphatic rings. The number of fused-ring (bicyclic) bond motifs is 2. The van der Waals surface area contributed by atoms with Crippen LogP contribution in [0.25, 0.3) is 16.6 Å². The van der Waals surface area contributed by atoms with Gasteiger partial charge in [-0.25, -0.2) is 9.50 Å². The van der Waals surface area contributed by atoms with E-state index in [-0.39, 0.29) is 5.91 Å². The van der Waals surface area contributed by atoms with Crippen molar-refractivity contribution in [3.05, 3.63) is 53.6 Å². The molecule has 0 radical (unpaired) electrons. The summed E-state index contributed by atoms with van der Waals surface area (Å²) in [7, 11) is 0. The number of imidazole rings is 1. The summed E-state index contributed by atoms with van der Waals surface area (Å²) in [4.78, 5) is 23.1. The number of nitrogens with one attached hydrogen (secondary N) is 3. The number of benzene rings is 1. The lowest BCUT2D eigenvalue weighted by Crippen LogP contribution is -2.49. The van der Waals surface area contributed by atoms with E-state index in [1.807, 2.05) is 46.2 Å². The molecule has 1 atom stereocenters. The van der Waals surface area contributed by atoms with E-state index in [4.69, 9.17) is 0 Å². The summed E-state index contributed by atoms with van der Waals surface area (Å²) >= 11 is 0. The number of aryl methyl sites for hydroxylation is 2. The van der Waals surface area contributed by atoms with Gasteiger partial charge in [-0.3, -0.25) is 4.79 Å². The number of anilines is 2. The lowest BCUT2D eigenvalue weighted by atomic mass is 10.1. The number of amides is 1. The zero-order valence-electron chi connectivity index (χ0n) is 19.4.